The molecule has 0 unspecified atom stereocenters. The molecule has 8 nitrogen and oxygen atoms in total. The summed E-state index contributed by atoms with van der Waals surface area (Å²) < 4.78 is 4.09. The van der Waals surface area contributed by atoms with Crippen LogP contribution in [0, 0.1) is 6.92 Å². The molecule has 114 valence electrons. The summed E-state index contributed by atoms with van der Waals surface area (Å²) in [5.74, 6) is 0.146. The Morgan fingerprint density at radius 3 is 2.52 bits per heavy atom. The fourth-order valence-corrected chi connectivity index (χ4v) is 2.20. The van der Waals surface area contributed by atoms with Crippen LogP contribution in [0.25, 0.3) is 0 Å². The van der Waals surface area contributed by atoms with Crippen LogP contribution in [-0.2, 0) is 20.6 Å². The molecule has 0 saturated carbocycles. The molecule has 0 bridgehead atoms. The third-order valence-electron chi connectivity index (χ3n) is 3.30. The van der Waals surface area contributed by atoms with Crippen molar-refractivity contribution in [1.82, 2.24) is 18.9 Å². The number of hydrogen-bond acceptors (Lipinski definition) is 5. The van der Waals surface area contributed by atoms with E-state index in [0.29, 0.717) is 12.2 Å². The molecule has 0 saturated heterocycles. The lowest BCUT2D eigenvalue weighted by Crippen LogP contribution is -2.40. The van der Waals surface area contributed by atoms with Crippen molar-refractivity contribution in [2.45, 2.75) is 26.8 Å². The van der Waals surface area contributed by atoms with E-state index in [0.717, 1.165) is 16.7 Å². The lowest BCUT2D eigenvalue weighted by atomic mass is 10.3. The van der Waals surface area contributed by atoms with Crippen LogP contribution in [0.2, 0.25) is 0 Å². The number of nitrogens with zero attached hydrogens (tertiary/aromatic N) is 4. The molecule has 8 heteroatoms. The molecule has 3 N–H and O–H groups in total. The molecular weight excluding hydrogens is 272 g/mol. The fourth-order valence-electron chi connectivity index (χ4n) is 2.20. The maximum Gasteiger partial charge on any atom is 0.332 e. The van der Waals surface area contributed by atoms with Crippen LogP contribution in [0.1, 0.15) is 19.0 Å². The summed E-state index contributed by atoms with van der Waals surface area (Å²) in [7, 11) is 3.23. The third kappa shape index (κ3) is 2.56. The Morgan fingerprint density at radius 1 is 1.33 bits per heavy atom. The molecule has 0 aliphatic heterocycles. The van der Waals surface area contributed by atoms with Crippen molar-refractivity contribution in [3.63, 3.8) is 0 Å². The van der Waals surface area contributed by atoms with Gasteiger partial charge in [0.15, 0.2) is 0 Å². The number of hydrogen-bond donors (Lipinski definition) is 2. The van der Waals surface area contributed by atoms with Crippen molar-refractivity contribution in [2.24, 2.45) is 14.1 Å². The van der Waals surface area contributed by atoms with Gasteiger partial charge in [0.2, 0.25) is 0 Å². The number of nitrogen functional groups attached to an aromatic ring is 1. The van der Waals surface area contributed by atoms with Crippen LogP contribution in [-0.4, -0.2) is 18.9 Å². The maximum atomic E-state index is 12.3. The van der Waals surface area contributed by atoms with Crippen molar-refractivity contribution in [3.8, 4) is 0 Å². The monoisotopic (exact) mass is 292 g/mol. The van der Waals surface area contributed by atoms with Gasteiger partial charge in [-0.05, 0) is 13.3 Å². The van der Waals surface area contributed by atoms with E-state index in [9.17, 15) is 9.59 Å². The smallest absolute Gasteiger partial charge is 0.332 e. The van der Waals surface area contributed by atoms with Gasteiger partial charge in [0, 0.05) is 26.8 Å². The van der Waals surface area contributed by atoms with Gasteiger partial charge in [-0.2, -0.15) is 5.10 Å². The molecule has 0 radical (unpaired) electrons. The standard InChI is InChI=1S/C13H20N6O2/c1-5-6-19-11(14)10(12(20)18(4)13(19)21)15-9-7-17(3)16-8(9)2/h7,15H,5-6,14H2,1-4H3. The second-order valence-electron chi connectivity index (χ2n) is 4.99. The molecule has 0 spiro atoms. The Labute approximate surface area is 121 Å². The molecule has 0 aliphatic rings. The van der Waals surface area contributed by atoms with Crippen LogP contribution >= 0.6 is 0 Å². The first-order chi connectivity index (χ1) is 9.86. The van der Waals surface area contributed by atoms with Gasteiger partial charge in [0.25, 0.3) is 5.56 Å². The van der Waals surface area contributed by atoms with Crippen molar-refractivity contribution < 1.29 is 0 Å². The zero-order valence-electron chi connectivity index (χ0n) is 12.7. The van der Waals surface area contributed by atoms with E-state index in [4.69, 9.17) is 5.73 Å². The summed E-state index contributed by atoms with van der Waals surface area (Å²) in [6.07, 6.45) is 2.50. The predicted octanol–water partition coefficient (Wildman–Crippen LogP) is 0.325. The van der Waals surface area contributed by atoms with Gasteiger partial charge in [-0.15, -0.1) is 0 Å². The van der Waals surface area contributed by atoms with Gasteiger partial charge in [0.05, 0.1) is 11.4 Å². The first-order valence-corrected chi connectivity index (χ1v) is 6.73. The average molecular weight is 292 g/mol. The van der Waals surface area contributed by atoms with Gasteiger partial charge in [-0.3, -0.25) is 18.6 Å². The van der Waals surface area contributed by atoms with Crippen LogP contribution in [0.5, 0.6) is 0 Å². The SMILES string of the molecule is CCCn1c(N)c(Nc2cn(C)nc2C)c(=O)n(C)c1=O. The first-order valence-electron chi connectivity index (χ1n) is 6.73. The zero-order valence-corrected chi connectivity index (χ0v) is 12.7. The van der Waals surface area contributed by atoms with Crippen molar-refractivity contribution in [2.75, 3.05) is 11.1 Å². The first kappa shape index (κ1) is 14.9. The predicted molar refractivity (Wildman–Crippen MR) is 81.9 cm³/mol. The Balaban J connectivity index is 2.61. The molecule has 21 heavy (non-hydrogen) atoms. The van der Waals surface area contributed by atoms with Crippen LogP contribution < -0.4 is 22.3 Å². The molecule has 0 aromatic carbocycles. The Hall–Kier alpha value is -2.51. The highest BCUT2D eigenvalue weighted by Crippen LogP contribution is 2.20. The van der Waals surface area contributed by atoms with Crippen molar-refractivity contribution >= 4 is 17.2 Å². The fraction of sp³-hybridized carbons (Fsp3) is 0.462. The van der Waals surface area contributed by atoms with E-state index >= 15 is 0 Å². The maximum absolute atomic E-state index is 12.3. The highest BCUT2D eigenvalue weighted by Gasteiger charge is 2.16. The van der Waals surface area contributed by atoms with Gasteiger partial charge < -0.3 is 11.1 Å². The number of aromatic nitrogens is 4. The van der Waals surface area contributed by atoms with E-state index in [2.05, 4.69) is 10.4 Å². The lowest BCUT2D eigenvalue weighted by Gasteiger charge is -2.15. The molecule has 0 fully saturated rings. The Bertz CT molecular complexity index is 783. The molecule has 0 aliphatic carbocycles. The number of anilines is 3. The van der Waals surface area contributed by atoms with Crippen molar-refractivity contribution in [1.29, 1.82) is 0 Å². The molecule has 0 atom stereocenters. The largest absolute Gasteiger partial charge is 0.383 e. The lowest BCUT2D eigenvalue weighted by molar-refractivity contribution is 0.601. The summed E-state index contributed by atoms with van der Waals surface area (Å²) >= 11 is 0. The average Bonchev–Trinajstić information content (AvgIpc) is 2.75. The van der Waals surface area contributed by atoms with E-state index in [1.807, 2.05) is 13.8 Å². The molecule has 0 amide bonds. The topological polar surface area (TPSA) is 99.9 Å². The molecular formula is C13H20N6O2. The summed E-state index contributed by atoms with van der Waals surface area (Å²) in [5.41, 5.74) is 6.77. The van der Waals surface area contributed by atoms with Crippen LogP contribution in [0.3, 0.4) is 0 Å². The number of aryl methyl sites for hydroxylation is 2. The molecule has 2 aromatic heterocycles. The Kier molecular flexibility index (Phi) is 3.88. The minimum atomic E-state index is -0.451. The van der Waals surface area contributed by atoms with Crippen molar-refractivity contribution in [3.05, 3.63) is 32.7 Å². The minimum absolute atomic E-state index is 0.146. The van der Waals surface area contributed by atoms with Gasteiger partial charge in [-0.25, -0.2) is 4.79 Å². The second-order valence-corrected chi connectivity index (χ2v) is 4.99. The quantitative estimate of drug-likeness (QED) is 0.845. The summed E-state index contributed by atoms with van der Waals surface area (Å²) in [6.45, 7) is 4.22. The second kappa shape index (κ2) is 5.47. The minimum Gasteiger partial charge on any atom is -0.383 e. The van der Waals surface area contributed by atoms with E-state index in [1.54, 1.807) is 17.9 Å². The van der Waals surface area contributed by atoms with Crippen LogP contribution in [0.4, 0.5) is 17.2 Å². The van der Waals surface area contributed by atoms with E-state index in [1.165, 1.54) is 11.6 Å². The normalized spacial score (nSPS) is 10.9. The highest BCUT2D eigenvalue weighted by molar-refractivity contribution is 5.69. The zero-order chi connectivity index (χ0) is 15.7. The van der Waals surface area contributed by atoms with Gasteiger partial charge >= 0.3 is 5.69 Å². The third-order valence-corrected chi connectivity index (χ3v) is 3.30. The number of nitrogens with one attached hydrogen (secondary N) is 1. The molecule has 2 rings (SSSR count). The molecule has 2 heterocycles. The summed E-state index contributed by atoms with van der Waals surface area (Å²) in [4.78, 5) is 24.3. The van der Waals surface area contributed by atoms with E-state index in [-0.39, 0.29) is 11.5 Å². The number of rotatable bonds is 4. The molecule has 2 aromatic rings. The highest BCUT2D eigenvalue weighted by atomic mass is 16.2. The number of nitrogens with two attached hydrogens (primary N) is 1. The summed E-state index contributed by atoms with van der Waals surface area (Å²) in [5, 5.41) is 7.20. The van der Waals surface area contributed by atoms with Gasteiger partial charge in [0.1, 0.15) is 11.5 Å². The van der Waals surface area contributed by atoms with Crippen LogP contribution in [0.15, 0.2) is 15.8 Å². The van der Waals surface area contributed by atoms with E-state index < -0.39 is 11.2 Å². The Morgan fingerprint density at radius 2 is 2.00 bits per heavy atom. The van der Waals surface area contributed by atoms with Gasteiger partial charge in [-0.1, -0.05) is 6.92 Å². The summed E-state index contributed by atoms with van der Waals surface area (Å²) in [6, 6.07) is 0.